The molecular formula is C18H19FN2OS. The van der Waals surface area contributed by atoms with Gasteiger partial charge in [0.1, 0.15) is 11.2 Å². The molecule has 0 saturated carbocycles. The van der Waals surface area contributed by atoms with Crippen LogP contribution in [0.4, 0.5) is 14.9 Å². The first-order valence-corrected chi connectivity index (χ1v) is 8.61. The number of nitrogens with zero attached hydrogens (tertiary/aromatic N) is 1. The van der Waals surface area contributed by atoms with Crippen LogP contribution in [-0.2, 0) is 0 Å². The van der Waals surface area contributed by atoms with E-state index in [1.165, 1.54) is 23.3 Å². The predicted molar refractivity (Wildman–Crippen MR) is 93.2 cm³/mol. The molecule has 2 amide bonds. The number of nitrogens with one attached hydrogen (secondary N) is 1. The lowest BCUT2D eigenvalue weighted by molar-refractivity contribution is 0.214. The van der Waals surface area contributed by atoms with Crippen molar-refractivity contribution in [3.8, 4) is 0 Å². The first kappa shape index (κ1) is 15.9. The molecule has 3 nitrogen and oxygen atoms in total. The maximum absolute atomic E-state index is 13.3. The van der Waals surface area contributed by atoms with E-state index in [0.29, 0.717) is 12.2 Å². The van der Waals surface area contributed by atoms with Gasteiger partial charge in [-0.25, -0.2) is 9.18 Å². The maximum Gasteiger partial charge on any atom is 0.323 e. The van der Waals surface area contributed by atoms with Crippen LogP contribution >= 0.6 is 11.8 Å². The van der Waals surface area contributed by atoms with Crippen molar-refractivity contribution in [3.05, 3.63) is 65.0 Å². The molecule has 2 aromatic carbocycles. The van der Waals surface area contributed by atoms with E-state index in [9.17, 15) is 9.18 Å². The quantitative estimate of drug-likeness (QED) is 0.864. The number of urea groups is 1. The van der Waals surface area contributed by atoms with Crippen LogP contribution in [0.5, 0.6) is 0 Å². The van der Waals surface area contributed by atoms with Gasteiger partial charge < -0.3 is 10.2 Å². The summed E-state index contributed by atoms with van der Waals surface area (Å²) >= 11 is 1.76. The summed E-state index contributed by atoms with van der Waals surface area (Å²) in [5.41, 5.74) is 4.04. The highest BCUT2D eigenvalue weighted by atomic mass is 32.2. The van der Waals surface area contributed by atoms with Gasteiger partial charge in [0, 0.05) is 18.0 Å². The standard InChI is InChI=1S/C18H19FN2OS/c1-12-6-7-16(13(2)10-12)17-21(8-9-23-17)18(22)20-15-5-3-4-14(19)11-15/h3-7,10-11,17H,8-9H2,1-2H3,(H,20,22)/t17-/m1/s1. The highest BCUT2D eigenvalue weighted by Crippen LogP contribution is 2.39. The number of thioether (sulfide) groups is 1. The number of hydrogen-bond donors (Lipinski definition) is 1. The number of carbonyl (C=O) groups is 1. The lowest BCUT2D eigenvalue weighted by Gasteiger charge is -2.25. The number of anilines is 1. The fraction of sp³-hybridized carbons (Fsp3) is 0.278. The average Bonchev–Trinajstić information content (AvgIpc) is 2.96. The highest BCUT2D eigenvalue weighted by Gasteiger charge is 2.31. The minimum absolute atomic E-state index is 0.00385. The van der Waals surface area contributed by atoms with Crippen LogP contribution in [0, 0.1) is 19.7 Å². The molecule has 1 aliphatic heterocycles. The van der Waals surface area contributed by atoms with E-state index in [2.05, 4.69) is 37.4 Å². The van der Waals surface area contributed by atoms with Gasteiger partial charge in [0.05, 0.1) is 0 Å². The molecule has 1 aliphatic rings. The van der Waals surface area contributed by atoms with Gasteiger partial charge in [-0.15, -0.1) is 11.8 Å². The third-order valence-electron chi connectivity index (χ3n) is 3.92. The Hall–Kier alpha value is -2.01. The second-order valence-electron chi connectivity index (χ2n) is 5.72. The fourth-order valence-corrected chi connectivity index (χ4v) is 4.15. The number of aryl methyl sites for hydroxylation is 2. The summed E-state index contributed by atoms with van der Waals surface area (Å²) < 4.78 is 13.3. The zero-order valence-electron chi connectivity index (χ0n) is 13.2. The minimum Gasteiger partial charge on any atom is -0.308 e. The summed E-state index contributed by atoms with van der Waals surface area (Å²) in [5, 5.41) is 2.79. The fourth-order valence-electron chi connectivity index (χ4n) is 2.80. The SMILES string of the molecule is Cc1ccc([C@H]2SCCN2C(=O)Nc2cccc(F)c2)c(C)c1. The number of rotatable bonds is 2. The van der Waals surface area contributed by atoms with Gasteiger partial charge >= 0.3 is 6.03 Å². The number of halogens is 1. The van der Waals surface area contributed by atoms with Crippen LogP contribution in [0.25, 0.3) is 0 Å². The van der Waals surface area contributed by atoms with E-state index in [0.717, 1.165) is 11.3 Å². The smallest absolute Gasteiger partial charge is 0.308 e. The van der Waals surface area contributed by atoms with E-state index < -0.39 is 0 Å². The monoisotopic (exact) mass is 330 g/mol. The summed E-state index contributed by atoms with van der Waals surface area (Å²) in [6, 6.07) is 12.1. The van der Waals surface area contributed by atoms with Gasteiger partial charge in [0.25, 0.3) is 0 Å². The largest absolute Gasteiger partial charge is 0.323 e. The summed E-state index contributed by atoms with van der Waals surface area (Å²) in [7, 11) is 0. The topological polar surface area (TPSA) is 32.3 Å². The molecule has 0 spiro atoms. The number of hydrogen-bond acceptors (Lipinski definition) is 2. The molecule has 1 fully saturated rings. The van der Waals surface area contributed by atoms with E-state index in [-0.39, 0.29) is 17.2 Å². The van der Waals surface area contributed by atoms with Gasteiger partial charge in [-0.05, 0) is 43.2 Å². The van der Waals surface area contributed by atoms with Crippen LogP contribution in [0.3, 0.4) is 0 Å². The number of benzene rings is 2. The van der Waals surface area contributed by atoms with Crippen LogP contribution in [-0.4, -0.2) is 23.2 Å². The molecule has 2 aromatic rings. The number of carbonyl (C=O) groups excluding carboxylic acids is 1. The molecule has 1 N–H and O–H groups in total. The average molecular weight is 330 g/mol. The molecule has 0 radical (unpaired) electrons. The third-order valence-corrected chi connectivity index (χ3v) is 5.16. The van der Waals surface area contributed by atoms with E-state index in [1.54, 1.807) is 23.9 Å². The van der Waals surface area contributed by atoms with Crippen LogP contribution in [0.2, 0.25) is 0 Å². The Morgan fingerprint density at radius 2 is 2.09 bits per heavy atom. The number of amides is 2. The van der Waals surface area contributed by atoms with Crippen molar-refractivity contribution in [2.75, 3.05) is 17.6 Å². The summed E-state index contributed by atoms with van der Waals surface area (Å²) in [6.45, 7) is 4.82. The zero-order chi connectivity index (χ0) is 16.4. The Morgan fingerprint density at radius 3 is 2.83 bits per heavy atom. The Balaban J connectivity index is 1.79. The van der Waals surface area contributed by atoms with Crippen LogP contribution in [0.15, 0.2) is 42.5 Å². The van der Waals surface area contributed by atoms with Crippen molar-refractivity contribution < 1.29 is 9.18 Å². The van der Waals surface area contributed by atoms with Crippen molar-refractivity contribution in [1.29, 1.82) is 0 Å². The molecule has 1 heterocycles. The summed E-state index contributed by atoms with van der Waals surface area (Å²) in [6.07, 6.45) is 0. The molecule has 0 aliphatic carbocycles. The lowest BCUT2D eigenvalue weighted by atomic mass is 10.1. The van der Waals surface area contributed by atoms with Crippen molar-refractivity contribution in [2.45, 2.75) is 19.2 Å². The predicted octanol–water partition coefficient (Wildman–Crippen LogP) is 4.72. The van der Waals surface area contributed by atoms with Gasteiger partial charge in [-0.3, -0.25) is 0 Å². The highest BCUT2D eigenvalue weighted by molar-refractivity contribution is 7.99. The molecular weight excluding hydrogens is 311 g/mol. The zero-order valence-corrected chi connectivity index (χ0v) is 14.0. The van der Waals surface area contributed by atoms with Gasteiger partial charge in [-0.1, -0.05) is 29.8 Å². The molecule has 3 rings (SSSR count). The molecule has 0 bridgehead atoms. The minimum atomic E-state index is -0.357. The summed E-state index contributed by atoms with van der Waals surface area (Å²) in [5.74, 6) is 0.540. The van der Waals surface area contributed by atoms with Gasteiger partial charge in [-0.2, -0.15) is 0 Å². The lowest BCUT2D eigenvalue weighted by Crippen LogP contribution is -2.34. The third kappa shape index (κ3) is 3.50. The molecule has 0 aromatic heterocycles. The summed E-state index contributed by atoms with van der Waals surface area (Å²) in [4.78, 5) is 14.4. The van der Waals surface area contributed by atoms with Gasteiger partial charge in [0.2, 0.25) is 0 Å². The van der Waals surface area contributed by atoms with Crippen molar-refractivity contribution in [3.63, 3.8) is 0 Å². The second kappa shape index (κ2) is 6.62. The molecule has 1 atom stereocenters. The molecule has 23 heavy (non-hydrogen) atoms. The molecule has 5 heteroatoms. The molecule has 1 saturated heterocycles. The Bertz CT molecular complexity index is 735. The molecule has 120 valence electrons. The Kier molecular flexibility index (Phi) is 4.57. The van der Waals surface area contributed by atoms with Crippen LogP contribution in [0.1, 0.15) is 22.1 Å². The second-order valence-corrected chi connectivity index (χ2v) is 6.91. The van der Waals surface area contributed by atoms with E-state index >= 15 is 0 Å². The van der Waals surface area contributed by atoms with Crippen molar-refractivity contribution in [2.24, 2.45) is 0 Å². The van der Waals surface area contributed by atoms with Crippen LogP contribution < -0.4 is 5.32 Å². The normalized spacial score (nSPS) is 17.3. The molecule has 0 unspecified atom stereocenters. The van der Waals surface area contributed by atoms with Gasteiger partial charge in [0.15, 0.2) is 0 Å². The van der Waals surface area contributed by atoms with Crippen molar-refractivity contribution >= 4 is 23.5 Å². The van der Waals surface area contributed by atoms with Crippen molar-refractivity contribution in [1.82, 2.24) is 4.90 Å². The first-order valence-electron chi connectivity index (χ1n) is 7.56. The van der Waals surface area contributed by atoms with E-state index in [4.69, 9.17) is 0 Å². The Morgan fingerprint density at radius 1 is 1.26 bits per heavy atom. The first-order chi connectivity index (χ1) is 11.0. The van der Waals surface area contributed by atoms with E-state index in [1.807, 2.05) is 4.90 Å². The Labute approximate surface area is 139 Å². The maximum atomic E-state index is 13.3.